The van der Waals surface area contributed by atoms with Crippen molar-refractivity contribution in [1.82, 2.24) is 0 Å². The van der Waals surface area contributed by atoms with Crippen LogP contribution in [0.1, 0.15) is 19.4 Å². The number of aryl methyl sites for hydroxylation is 1. The van der Waals surface area contributed by atoms with Crippen LogP contribution in [-0.4, -0.2) is 13.2 Å². The number of benzene rings is 1. The van der Waals surface area contributed by atoms with Gasteiger partial charge in [-0.1, -0.05) is 0 Å². The molecule has 0 aliphatic rings. The third-order valence-corrected chi connectivity index (χ3v) is 4.53. The molecule has 0 fully saturated rings. The van der Waals surface area contributed by atoms with Gasteiger partial charge in [0.1, 0.15) is 0 Å². The second-order valence-corrected chi connectivity index (χ2v) is 6.16. The minimum atomic E-state index is -2.28. The van der Waals surface area contributed by atoms with Gasteiger partial charge < -0.3 is 0 Å². The summed E-state index contributed by atoms with van der Waals surface area (Å²) in [6, 6.07) is 8.01. The Morgan fingerprint density at radius 1 is 0.938 bits per heavy atom. The van der Waals surface area contributed by atoms with Crippen molar-refractivity contribution in [2.75, 3.05) is 13.2 Å². The van der Waals surface area contributed by atoms with Gasteiger partial charge in [0.05, 0.1) is 0 Å². The second-order valence-electron chi connectivity index (χ2n) is 2.95. The summed E-state index contributed by atoms with van der Waals surface area (Å²) >= 11 is -2.28. The Bertz CT molecular complexity index is 281. The van der Waals surface area contributed by atoms with E-state index in [1.54, 1.807) is 0 Å². The van der Waals surface area contributed by atoms with Crippen molar-refractivity contribution in [2.45, 2.75) is 20.8 Å². The van der Waals surface area contributed by atoms with Crippen molar-refractivity contribution < 1.29 is 16.2 Å². The van der Waals surface area contributed by atoms with Crippen LogP contribution in [0.3, 0.4) is 0 Å². The van der Waals surface area contributed by atoms with E-state index in [4.69, 9.17) is 16.2 Å². The zero-order chi connectivity index (χ0) is 11.8. The normalized spacial score (nSPS) is 11.6. The fourth-order valence-electron chi connectivity index (χ4n) is 0.889. The number of rotatable bonds is 7. The summed E-state index contributed by atoms with van der Waals surface area (Å²) in [5, 5.41) is 0. The fraction of sp³-hybridized carbons (Fsp3) is 0.455. The van der Waals surface area contributed by atoms with E-state index in [-0.39, 0.29) is 0 Å². The summed E-state index contributed by atoms with van der Waals surface area (Å²) in [4.78, 5) is 9.88. The summed E-state index contributed by atoms with van der Waals surface area (Å²) in [7, 11) is 0. The van der Waals surface area contributed by atoms with E-state index in [9.17, 15) is 0 Å². The molecule has 1 aromatic rings. The average molecular weight is 340 g/mol. The summed E-state index contributed by atoms with van der Waals surface area (Å²) in [5.74, 6) is 0. The molecule has 0 aromatic heterocycles. The zero-order valence-electron chi connectivity index (χ0n) is 9.73. The van der Waals surface area contributed by atoms with Crippen LogP contribution >= 0.6 is 20.6 Å². The number of hydrogen-bond acceptors (Lipinski definition) is 4. The maximum atomic E-state index is 5.23. The molecule has 0 aliphatic heterocycles. The monoisotopic (exact) mass is 340 g/mol. The van der Waals surface area contributed by atoms with E-state index < -0.39 is 20.6 Å². The van der Waals surface area contributed by atoms with Gasteiger partial charge >= 0.3 is 104 Å². The van der Waals surface area contributed by atoms with Crippen LogP contribution in [0.25, 0.3) is 0 Å². The van der Waals surface area contributed by atoms with E-state index in [0.717, 1.165) is 3.57 Å². The van der Waals surface area contributed by atoms with Crippen molar-refractivity contribution in [2.24, 2.45) is 0 Å². The predicted molar refractivity (Wildman–Crippen MR) is 69.3 cm³/mol. The van der Waals surface area contributed by atoms with Crippen LogP contribution in [0, 0.1) is 10.5 Å². The maximum absolute atomic E-state index is 5.23. The van der Waals surface area contributed by atoms with Crippen LogP contribution in [-0.2, 0) is 16.2 Å². The molecule has 0 atom stereocenters. The van der Waals surface area contributed by atoms with Gasteiger partial charge in [0.15, 0.2) is 0 Å². The molecule has 5 heteroatoms. The van der Waals surface area contributed by atoms with Crippen molar-refractivity contribution in [3.05, 3.63) is 33.4 Å². The Morgan fingerprint density at radius 2 is 1.44 bits per heavy atom. The average Bonchev–Trinajstić information content (AvgIpc) is 2.31. The molecule has 0 saturated heterocycles. The van der Waals surface area contributed by atoms with Gasteiger partial charge in [0.25, 0.3) is 0 Å². The molecule has 4 nitrogen and oxygen atoms in total. The van der Waals surface area contributed by atoms with Gasteiger partial charge in [0, 0.05) is 0 Å². The van der Waals surface area contributed by atoms with E-state index in [1.165, 1.54) is 5.56 Å². The van der Waals surface area contributed by atoms with Crippen LogP contribution in [0.2, 0.25) is 0 Å². The van der Waals surface area contributed by atoms with E-state index >= 15 is 0 Å². The Morgan fingerprint density at radius 3 is 1.88 bits per heavy atom. The van der Waals surface area contributed by atoms with Gasteiger partial charge in [0.2, 0.25) is 0 Å². The second kappa shape index (κ2) is 7.97. The van der Waals surface area contributed by atoms with E-state index in [0.29, 0.717) is 13.2 Å². The third-order valence-electron chi connectivity index (χ3n) is 1.63. The van der Waals surface area contributed by atoms with Crippen molar-refractivity contribution >= 4 is 20.6 Å². The first-order chi connectivity index (χ1) is 7.77. The first-order valence-corrected chi connectivity index (χ1v) is 7.98. The van der Waals surface area contributed by atoms with E-state index in [2.05, 4.69) is 0 Å². The summed E-state index contributed by atoms with van der Waals surface area (Å²) in [6.07, 6.45) is 0. The molecular weight excluding hydrogens is 323 g/mol. The van der Waals surface area contributed by atoms with Crippen LogP contribution in [0.15, 0.2) is 24.3 Å². The van der Waals surface area contributed by atoms with Crippen LogP contribution in [0.4, 0.5) is 0 Å². The SMILES string of the molecule is CCOOI(OOCC)c1ccc(C)cc1. The van der Waals surface area contributed by atoms with Gasteiger partial charge in [-0.2, -0.15) is 0 Å². The quantitative estimate of drug-likeness (QED) is 0.433. The van der Waals surface area contributed by atoms with Crippen molar-refractivity contribution in [3.8, 4) is 0 Å². The topological polar surface area (TPSA) is 36.9 Å². The standard InChI is InChI=1S/C11H17IO4/c1-4-13-15-12(16-14-5-2)11-8-6-10(3)7-9-11/h6-9H,4-5H2,1-3H3. The zero-order valence-corrected chi connectivity index (χ0v) is 11.9. The van der Waals surface area contributed by atoms with Crippen LogP contribution < -0.4 is 0 Å². The van der Waals surface area contributed by atoms with Gasteiger partial charge in [-0.3, -0.25) is 0 Å². The summed E-state index contributed by atoms with van der Waals surface area (Å²) < 4.78 is 11.5. The molecule has 0 spiro atoms. The molecule has 0 saturated carbocycles. The van der Waals surface area contributed by atoms with Gasteiger partial charge in [-0.25, -0.2) is 0 Å². The Labute approximate surface area is 104 Å². The molecule has 1 aromatic carbocycles. The summed E-state index contributed by atoms with van der Waals surface area (Å²) in [5.41, 5.74) is 1.20. The van der Waals surface area contributed by atoms with Crippen molar-refractivity contribution in [1.29, 1.82) is 0 Å². The summed E-state index contributed by atoms with van der Waals surface area (Å²) in [6.45, 7) is 6.76. The molecule has 16 heavy (non-hydrogen) atoms. The number of halogens is 1. The van der Waals surface area contributed by atoms with Gasteiger partial charge in [-0.05, 0) is 0 Å². The molecule has 0 bridgehead atoms. The van der Waals surface area contributed by atoms with Crippen molar-refractivity contribution in [3.63, 3.8) is 0 Å². The molecule has 0 amide bonds. The Hall–Kier alpha value is -0.210. The molecule has 0 radical (unpaired) electrons. The first kappa shape index (κ1) is 13.9. The number of hydrogen-bond donors (Lipinski definition) is 0. The fourth-order valence-corrected chi connectivity index (χ4v) is 3.28. The minimum absolute atomic E-state index is 0.495. The van der Waals surface area contributed by atoms with Crippen LogP contribution in [0.5, 0.6) is 0 Å². The predicted octanol–water partition coefficient (Wildman–Crippen LogP) is 3.44. The van der Waals surface area contributed by atoms with Gasteiger partial charge in [-0.15, -0.1) is 0 Å². The molecule has 0 aliphatic carbocycles. The molecular formula is C11H17IO4. The molecule has 1 rings (SSSR count). The van der Waals surface area contributed by atoms with E-state index in [1.807, 2.05) is 45.0 Å². The molecule has 0 unspecified atom stereocenters. The Kier molecular flexibility index (Phi) is 6.90. The third kappa shape index (κ3) is 4.75. The molecule has 0 N–H and O–H groups in total. The molecule has 92 valence electrons. The molecule has 0 heterocycles. The first-order valence-electron chi connectivity index (χ1n) is 5.14. The Balaban J connectivity index is 2.62.